The summed E-state index contributed by atoms with van der Waals surface area (Å²) in [5.74, 6) is 2.68. The Labute approximate surface area is 155 Å². The lowest BCUT2D eigenvalue weighted by Crippen LogP contribution is -2.40. The van der Waals surface area contributed by atoms with Crippen LogP contribution in [0.3, 0.4) is 0 Å². The van der Waals surface area contributed by atoms with Gasteiger partial charge >= 0.3 is 0 Å². The number of ether oxygens (including phenoxy) is 1. The molecule has 1 saturated heterocycles. The summed E-state index contributed by atoms with van der Waals surface area (Å²) in [4.78, 5) is 6.88. The number of nitrogens with one attached hydrogen (secondary N) is 1. The van der Waals surface area contributed by atoms with Gasteiger partial charge in [-0.25, -0.2) is 0 Å². The minimum absolute atomic E-state index is 0.603. The fourth-order valence-corrected chi connectivity index (χ4v) is 4.00. The number of nitrogens with zero attached hydrogens (tertiary/aromatic N) is 2. The maximum Gasteiger partial charge on any atom is 0.193 e. The molecule has 0 aliphatic carbocycles. The second-order valence-corrected chi connectivity index (χ2v) is 7.11. The summed E-state index contributed by atoms with van der Waals surface area (Å²) in [5.41, 5.74) is 4.14. The van der Waals surface area contributed by atoms with Crippen molar-refractivity contribution < 1.29 is 4.74 Å². The third-order valence-corrected chi connectivity index (χ3v) is 5.42. The fraction of sp³-hybridized carbons (Fsp3) is 0.409. The van der Waals surface area contributed by atoms with Gasteiger partial charge in [-0.3, -0.25) is 4.99 Å². The molecular weight excluding hydrogens is 322 g/mol. The van der Waals surface area contributed by atoms with Crippen molar-refractivity contribution in [3.8, 4) is 5.75 Å². The van der Waals surface area contributed by atoms with Crippen molar-refractivity contribution in [1.82, 2.24) is 10.2 Å². The maximum absolute atomic E-state index is 5.59. The van der Waals surface area contributed by atoms with Crippen LogP contribution in [-0.4, -0.2) is 44.1 Å². The standard InChI is InChI=1S/C22H27N3O/c1-23-22(25-13-10-20(16-25)18-5-3-2-4-6-18)24-12-9-17-7-8-21-19(15-17)11-14-26-21/h2-8,15,20H,9-14,16H2,1H3,(H,23,24). The summed E-state index contributed by atoms with van der Waals surface area (Å²) in [7, 11) is 1.88. The van der Waals surface area contributed by atoms with Crippen LogP contribution in [0.4, 0.5) is 0 Å². The number of hydrogen-bond acceptors (Lipinski definition) is 2. The molecule has 4 heteroatoms. The van der Waals surface area contributed by atoms with E-state index in [1.807, 2.05) is 7.05 Å². The average Bonchev–Trinajstić information content (AvgIpc) is 3.35. The first-order valence-corrected chi connectivity index (χ1v) is 9.58. The summed E-state index contributed by atoms with van der Waals surface area (Å²) in [5, 5.41) is 3.54. The molecule has 2 aliphatic heterocycles. The Morgan fingerprint density at radius 2 is 2.12 bits per heavy atom. The first-order valence-electron chi connectivity index (χ1n) is 9.58. The molecule has 0 radical (unpaired) electrons. The Balaban J connectivity index is 1.30. The summed E-state index contributed by atoms with van der Waals surface area (Å²) in [6.07, 6.45) is 3.23. The molecule has 1 N–H and O–H groups in total. The van der Waals surface area contributed by atoms with E-state index in [1.54, 1.807) is 0 Å². The molecule has 0 aromatic heterocycles. The summed E-state index contributed by atoms with van der Waals surface area (Å²) < 4.78 is 5.59. The number of benzene rings is 2. The van der Waals surface area contributed by atoms with Gasteiger partial charge in [0.25, 0.3) is 0 Å². The normalized spacial score (nSPS) is 19.3. The predicted molar refractivity (Wildman–Crippen MR) is 106 cm³/mol. The highest BCUT2D eigenvalue weighted by Crippen LogP contribution is 2.27. The van der Waals surface area contributed by atoms with Crippen molar-refractivity contribution in [2.24, 2.45) is 4.99 Å². The Morgan fingerprint density at radius 3 is 2.96 bits per heavy atom. The number of likely N-dealkylation sites (tertiary alicyclic amines) is 1. The van der Waals surface area contributed by atoms with E-state index in [9.17, 15) is 0 Å². The minimum Gasteiger partial charge on any atom is -0.493 e. The summed E-state index contributed by atoms with van der Waals surface area (Å²) in [6, 6.07) is 17.4. The SMILES string of the molecule is CN=C(NCCc1ccc2c(c1)CCO2)N1CCC(c2ccccc2)C1. The van der Waals surface area contributed by atoms with Gasteiger partial charge in [-0.1, -0.05) is 42.5 Å². The van der Waals surface area contributed by atoms with E-state index in [2.05, 4.69) is 63.7 Å². The molecule has 1 fully saturated rings. The number of fused-ring (bicyclic) bond motifs is 1. The molecule has 136 valence electrons. The first kappa shape index (κ1) is 17.0. The fourth-order valence-electron chi connectivity index (χ4n) is 4.00. The van der Waals surface area contributed by atoms with Crippen molar-refractivity contribution in [3.63, 3.8) is 0 Å². The lowest BCUT2D eigenvalue weighted by Gasteiger charge is -2.22. The molecule has 4 rings (SSSR count). The van der Waals surface area contributed by atoms with Crippen molar-refractivity contribution in [3.05, 3.63) is 65.2 Å². The summed E-state index contributed by atoms with van der Waals surface area (Å²) in [6.45, 7) is 3.83. The lowest BCUT2D eigenvalue weighted by molar-refractivity contribution is 0.357. The average molecular weight is 349 g/mol. The van der Waals surface area contributed by atoms with E-state index in [4.69, 9.17) is 4.74 Å². The van der Waals surface area contributed by atoms with E-state index < -0.39 is 0 Å². The molecule has 1 atom stereocenters. The third kappa shape index (κ3) is 3.69. The maximum atomic E-state index is 5.59. The molecule has 0 saturated carbocycles. The van der Waals surface area contributed by atoms with E-state index in [0.717, 1.165) is 50.8 Å². The van der Waals surface area contributed by atoms with Gasteiger partial charge < -0.3 is 15.0 Å². The van der Waals surface area contributed by atoms with Crippen LogP contribution in [0.2, 0.25) is 0 Å². The molecule has 0 spiro atoms. The van der Waals surface area contributed by atoms with Gasteiger partial charge in [0.05, 0.1) is 6.61 Å². The van der Waals surface area contributed by atoms with E-state index >= 15 is 0 Å². The van der Waals surface area contributed by atoms with Crippen LogP contribution >= 0.6 is 0 Å². The zero-order valence-corrected chi connectivity index (χ0v) is 15.4. The molecule has 4 nitrogen and oxygen atoms in total. The molecule has 2 aromatic rings. The van der Waals surface area contributed by atoms with Crippen molar-refractivity contribution in [2.75, 3.05) is 33.3 Å². The van der Waals surface area contributed by atoms with Crippen LogP contribution in [0, 0.1) is 0 Å². The zero-order chi connectivity index (χ0) is 17.8. The van der Waals surface area contributed by atoms with Gasteiger partial charge in [0.15, 0.2) is 5.96 Å². The van der Waals surface area contributed by atoms with Crippen LogP contribution in [0.25, 0.3) is 0 Å². The second kappa shape index (κ2) is 7.81. The molecular formula is C22H27N3O. The highest BCUT2D eigenvalue weighted by atomic mass is 16.5. The Bertz CT molecular complexity index is 772. The van der Waals surface area contributed by atoms with Crippen LogP contribution < -0.4 is 10.1 Å². The lowest BCUT2D eigenvalue weighted by atomic mass is 9.99. The van der Waals surface area contributed by atoms with Crippen LogP contribution in [0.5, 0.6) is 5.75 Å². The monoisotopic (exact) mass is 349 g/mol. The highest BCUT2D eigenvalue weighted by molar-refractivity contribution is 5.80. The Hall–Kier alpha value is -2.49. The van der Waals surface area contributed by atoms with E-state index in [1.165, 1.54) is 23.1 Å². The molecule has 0 amide bonds. The van der Waals surface area contributed by atoms with Crippen molar-refractivity contribution >= 4 is 5.96 Å². The van der Waals surface area contributed by atoms with Crippen molar-refractivity contribution in [1.29, 1.82) is 0 Å². The van der Waals surface area contributed by atoms with Crippen LogP contribution in [-0.2, 0) is 12.8 Å². The van der Waals surface area contributed by atoms with Gasteiger partial charge in [-0.2, -0.15) is 0 Å². The first-order chi connectivity index (χ1) is 12.8. The summed E-state index contributed by atoms with van der Waals surface area (Å²) >= 11 is 0. The quantitative estimate of drug-likeness (QED) is 0.680. The molecule has 0 bridgehead atoms. The molecule has 2 aliphatic rings. The van der Waals surface area contributed by atoms with Crippen molar-refractivity contribution in [2.45, 2.75) is 25.2 Å². The molecule has 2 heterocycles. The predicted octanol–water partition coefficient (Wildman–Crippen LogP) is 3.23. The number of hydrogen-bond donors (Lipinski definition) is 1. The number of guanidine groups is 1. The van der Waals surface area contributed by atoms with Crippen LogP contribution in [0.15, 0.2) is 53.5 Å². The van der Waals surface area contributed by atoms with E-state index in [-0.39, 0.29) is 0 Å². The Kier molecular flexibility index (Phi) is 5.09. The van der Waals surface area contributed by atoms with E-state index in [0.29, 0.717) is 5.92 Å². The topological polar surface area (TPSA) is 36.9 Å². The minimum atomic E-state index is 0.603. The Morgan fingerprint density at radius 1 is 1.23 bits per heavy atom. The van der Waals surface area contributed by atoms with Gasteiger partial charge in [0.2, 0.25) is 0 Å². The van der Waals surface area contributed by atoms with Crippen LogP contribution in [0.1, 0.15) is 29.0 Å². The largest absolute Gasteiger partial charge is 0.493 e. The number of aliphatic imine (C=N–C) groups is 1. The molecule has 26 heavy (non-hydrogen) atoms. The van der Waals surface area contributed by atoms with Gasteiger partial charge in [-0.05, 0) is 35.6 Å². The molecule has 1 unspecified atom stereocenters. The smallest absolute Gasteiger partial charge is 0.193 e. The van der Waals surface area contributed by atoms with Gasteiger partial charge in [0, 0.05) is 39.0 Å². The van der Waals surface area contributed by atoms with Gasteiger partial charge in [-0.15, -0.1) is 0 Å². The highest BCUT2D eigenvalue weighted by Gasteiger charge is 2.25. The zero-order valence-electron chi connectivity index (χ0n) is 15.4. The second-order valence-electron chi connectivity index (χ2n) is 7.11. The van der Waals surface area contributed by atoms with Gasteiger partial charge in [0.1, 0.15) is 5.75 Å². The third-order valence-electron chi connectivity index (χ3n) is 5.42. The number of rotatable bonds is 4. The molecule has 2 aromatic carbocycles.